The molecule has 0 saturated carbocycles. The Hall–Kier alpha value is -3.02. The molecule has 1 aliphatic heterocycles. The van der Waals surface area contributed by atoms with E-state index in [4.69, 9.17) is 0 Å². The van der Waals surface area contributed by atoms with Gasteiger partial charge in [-0.15, -0.1) is 0 Å². The van der Waals surface area contributed by atoms with Crippen molar-refractivity contribution in [3.05, 3.63) is 76.0 Å². The van der Waals surface area contributed by atoms with Crippen LogP contribution in [0.4, 0.5) is 4.39 Å². The third-order valence-electron chi connectivity index (χ3n) is 5.79. The van der Waals surface area contributed by atoms with E-state index in [-0.39, 0.29) is 30.1 Å². The van der Waals surface area contributed by atoms with Crippen LogP contribution in [0.5, 0.6) is 0 Å². The Balaban J connectivity index is 1.86. The van der Waals surface area contributed by atoms with Gasteiger partial charge in [0.05, 0.1) is 6.54 Å². The van der Waals surface area contributed by atoms with Crippen LogP contribution in [0, 0.1) is 5.82 Å². The summed E-state index contributed by atoms with van der Waals surface area (Å²) >= 11 is 0. The van der Waals surface area contributed by atoms with Gasteiger partial charge in [-0.25, -0.2) is 9.37 Å². The maximum Gasteiger partial charge on any atom is 0.265 e. The highest BCUT2D eigenvalue weighted by Gasteiger charge is 2.31. The summed E-state index contributed by atoms with van der Waals surface area (Å²) in [5, 5.41) is 0.684. The number of pyridine rings is 2. The minimum Gasteiger partial charge on any atom is -0.333 e. The lowest BCUT2D eigenvalue weighted by atomic mass is 9.96. The number of aromatic nitrogens is 2. The van der Waals surface area contributed by atoms with Crippen LogP contribution in [0.2, 0.25) is 0 Å². The van der Waals surface area contributed by atoms with E-state index < -0.39 is 11.4 Å². The van der Waals surface area contributed by atoms with Crippen molar-refractivity contribution in [1.29, 1.82) is 0 Å². The van der Waals surface area contributed by atoms with E-state index in [0.717, 1.165) is 19.3 Å². The van der Waals surface area contributed by atoms with Gasteiger partial charge < -0.3 is 4.90 Å². The molecule has 0 radical (unpaired) electrons. The first-order chi connectivity index (χ1) is 14.0. The lowest BCUT2D eigenvalue weighted by Crippen LogP contribution is -2.49. The third kappa shape index (κ3) is 3.55. The van der Waals surface area contributed by atoms with Crippen molar-refractivity contribution in [2.24, 2.45) is 0 Å². The molecule has 6 heteroatoms. The lowest BCUT2D eigenvalue weighted by Gasteiger charge is -2.39. The van der Waals surface area contributed by atoms with Gasteiger partial charge in [0.15, 0.2) is 0 Å². The van der Waals surface area contributed by atoms with E-state index in [0.29, 0.717) is 16.6 Å². The number of benzene rings is 1. The van der Waals surface area contributed by atoms with Crippen LogP contribution in [0.1, 0.15) is 49.0 Å². The van der Waals surface area contributed by atoms with Crippen LogP contribution in [0.15, 0.2) is 53.5 Å². The molecule has 0 bridgehead atoms. The first-order valence-corrected chi connectivity index (χ1v) is 10.0. The zero-order chi connectivity index (χ0) is 20.5. The fourth-order valence-corrected chi connectivity index (χ4v) is 4.26. The summed E-state index contributed by atoms with van der Waals surface area (Å²) in [6.45, 7) is 4.06. The molecule has 2 aromatic heterocycles. The molecule has 5 nitrogen and oxygen atoms in total. The Morgan fingerprint density at radius 2 is 1.86 bits per heavy atom. The van der Waals surface area contributed by atoms with Crippen molar-refractivity contribution in [2.45, 2.75) is 51.7 Å². The van der Waals surface area contributed by atoms with Crippen LogP contribution in [-0.2, 0) is 6.54 Å². The van der Waals surface area contributed by atoms with Crippen LogP contribution >= 0.6 is 0 Å². The van der Waals surface area contributed by atoms with Crippen LogP contribution in [0.3, 0.4) is 0 Å². The summed E-state index contributed by atoms with van der Waals surface area (Å²) in [6, 6.07) is 11.7. The molecule has 3 heterocycles. The van der Waals surface area contributed by atoms with E-state index in [1.54, 1.807) is 36.5 Å². The highest BCUT2D eigenvalue weighted by atomic mass is 19.1. The summed E-state index contributed by atoms with van der Waals surface area (Å²) in [6.07, 6.45) is 4.52. The quantitative estimate of drug-likeness (QED) is 0.676. The number of likely N-dealkylation sites (tertiary alicyclic amines) is 1. The molecule has 1 amide bonds. The van der Waals surface area contributed by atoms with Crippen molar-refractivity contribution in [1.82, 2.24) is 14.5 Å². The Labute approximate surface area is 168 Å². The number of rotatable bonds is 3. The van der Waals surface area contributed by atoms with Crippen LogP contribution < -0.4 is 5.56 Å². The Kier molecular flexibility index (Phi) is 5.18. The maximum atomic E-state index is 14.2. The minimum absolute atomic E-state index is 0.0191. The van der Waals surface area contributed by atoms with Gasteiger partial charge in [-0.3, -0.25) is 14.2 Å². The summed E-state index contributed by atoms with van der Waals surface area (Å²) in [7, 11) is 0. The standard InChI is InChI=1S/C23H24FN3O2/c1-15-7-5-8-16(2)27(15)23(29)19-13-17-10-6-12-25-21(17)26(22(19)28)14-18-9-3-4-11-20(18)24/h3-4,6,9-13,15-16H,5,7-8,14H2,1-2H3/t15-,16-/m0/s1. The van der Waals surface area contributed by atoms with Gasteiger partial charge in [0, 0.05) is 29.2 Å². The number of carbonyl (C=O) groups excluding carboxylic acids is 1. The number of fused-ring (bicyclic) bond motifs is 1. The number of amides is 1. The SMILES string of the molecule is C[C@H]1CCC[C@H](C)N1C(=O)c1cc2cccnc2n(Cc2ccccc2F)c1=O. The molecule has 3 aromatic rings. The molecule has 1 aromatic carbocycles. The van der Waals surface area contributed by atoms with Gasteiger partial charge in [0.1, 0.15) is 17.0 Å². The van der Waals surface area contributed by atoms with Crippen LogP contribution in [-0.4, -0.2) is 32.4 Å². The van der Waals surface area contributed by atoms with E-state index in [2.05, 4.69) is 4.98 Å². The number of piperidine rings is 1. The molecule has 0 aliphatic carbocycles. The van der Waals surface area contributed by atoms with Crippen molar-refractivity contribution in [3.63, 3.8) is 0 Å². The molecule has 2 atom stereocenters. The zero-order valence-electron chi connectivity index (χ0n) is 16.6. The van der Waals surface area contributed by atoms with Gasteiger partial charge in [-0.05, 0) is 57.4 Å². The Bertz CT molecular complexity index is 1110. The van der Waals surface area contributed by atoms with E-state index in [1.807, 2.05) is 24.8 Å². The van der Waals surface area contributed by atoms with Gasteiger partial charge in [0.2, 0.25) is 0 Å². The van der Waals surface area contributed by atoms with Crippen molar-refractivity contribution in [2.75, 3.05) is 0 Å². The van der Waals surface area contributed by atoms with Gasteiger partial charge in [-0.1, -0.05) is 18.2 Å². The second kappa shape index (κ2) is 7.78. The minimum atomic E-state index is -0.436. The molecule has 0 spiro atoms. The largest absolute Gasteiger partial charge is 0.333 e. The Morgan fingerprint density at radius 3 is 2.59 bits per heavy atom. The Morgan fingerprint density at radius 1 is 1.14 bits per heavy atom. The first kappa shape index (κ1) is 19.3. The second-order valence-electron chi connectivity index (χ2n) is 7.80. The molecular weight excluding hydrogens is 369 g/mol. The zero-order valence-corrected chi connectivity index (χ0v) is 16.6. The lowest BCUT2D eigenvalue weighted by molar-refractivity contribution is 0.0508. The molecular formula is C23H24FN3O2. The number of hydrogen-bond acceptors (Lipinski definition) is 3. The summed E-state index contributed by atoms with van der Waals surface area (Å²) in [4.78, 5) is 32.9. The monoisotopic (exact) mass is 393 g/mol. The molecule has 1 aliphatic rings. The van der Waals surface area contributed by atoms with Crippen molar-refractivity contribution in [3.8, 4) is 0 Å². The van der Waals surface area contributed by atoms with Gasteiger partial charge in [-0.2, -0.15) is 0 Å². The summed E-state index contributed by atoms with van der Waals surface area (Å²) in [5.41, 5.74) is 0.500. The fraction of sp³-hybridized carbons (Fsp3) is 0.348. The highest BCUT2D eigenvalue weighted by molar-refractivity contribution is 5.97. The molecule has 0 unspecified atom stereocenters. The number of hydrogen-bond donors (Lipinski definition) is 0. The highest BCUT2D eigenvalue weighted by Crippen LogP contribution is 2.25. The molecule has 1 saturated heterocycles. The summed E-state index contributed by atoms with van der Waals surface area (Å²) in [5.74, 6) is -0.652. The van der Waals surface area contributed by atoms with E-state index in [9.17, 15) is 14.0 Å². The maximum absolute atomic E-state index is 14.2. The molecule has 1 fully saturated rings. The molecule has 0 N–H and O–H groups in total. The smallest absolute Gasteiger partial charge is 0.265 e. The molecule has 29 heavy (non-hydrogen) atoms. The number of carbonyl (C=O) groups is 1. The summed E-state index contributed by atoms with van der Waals surface area (Å²) < 4.78 is 15.7. The molecule has 4 rings (SSSR count). The van der Waals surface area contributed by atoms with Crippen molar-refractivity contribution >= 4 is 16.9 Å². The van der Waals surface area contributed by atoms with Crippen LogP contribution in [0.25, 0.3) is 11.0 Å². The average Bonchev–Trinajstić information content (AvgIpc) is 2.71. The van der Waals surface area contributed by atoms with Gasteiger partial charge in [0.25, 0.3) is 11.5 Å². The topological polar surface area (TPSA) is 55.2 Å². The normalized spacial score (nSPS) is 19.5. The number of nitrogens with zero attached hydrogens (tertiary/aromatic N) is 3. The third-order valence-corrected chi connectivity index (χ3v) is 5.79. The fourth-order valence-electron chi connectivity index (χ4n) is 4.26. The number of halogens is 1. The predicted octanol–water partition coefficient (Wildman–Crippen LogP) is 3.99. The molecule has 150 valence electrons. The second-order valence-corrected chi connectivity index (χ2v) is 7.80. The van der Waals surface area contributed by atoms with E-state index in [1.165, 1.54) is 10.6 Å². The average molecular weight is 393 g/mol. The predicted molar refractivity (Wildman–Crippen MR) is 110 cm³/mol. The van der Waals surface area contributed by atoms with Gasteiger partial charge >= 0.3 is 0 Å². The van der Waals surface area contributed by atoms with Crippen molar-refractivity contribution < 1.29 is 9.18 Å². The first-order valence-electron chi connectivity index (χ1n) is 10.0. The van der Waals surface area contributed by atoms with E-state index >= 15 is 0 Å².